The molecule has 0 radical (unpaired) electrons. The molecule has 0 aromatic heterocycles. The Kier molecular flexibility index (Phi) is 2.49. The Bertz CT molecular complexity index is 348. The fourth-order valence-electron chi connectivity index (χ4n) is 0.870. The summed E-state index contributed by atoms with van der Waals surface area (Å²) >= 11 is 0. The van der Waals surface area contributed by atoms with Gasteiger partial charge >= 0.3 is 5.97 Å². The molecule has 0 unspecified atom stereocenters. The summed E-state index contributed by atoms with van der Waals surface area (Å²) in [6.07, 6.45) is 0.440. The molecule has 0 spiro atoms. The van der Waals surface area contributed by atoms with E-state index in [1.165, 1.54) is 12.1 Å². The van der Waals surface area contributed by atoms with Crippen LogP contribution in [0.25, 0.3) is 0 Å². The van der Waals surface area contributed by atoms with Crippen LogP contribution in [0.5, 0.6) is 5.75 Å². The summed E-state index contributed by atoms with van der Waals surface area (Å²) in [6, 6.07) is 3.76. The fraction of sp³-hybridized carbons (Fsp3) is 0. The van der Waals surface area contributed by atoms with Crippen molar-refractivity contribution in [1.29, 1.82) is 0 Å². The van der Waals surface area contributed by atoms with Crippen LogP contribution >= 0.6 is 0 Å². The van der Waals surface area contributed by atoms with Gasteiger partial charge in [-0.3, -0.25) is 4.79 Å². The first-order valence-electron chi connectivity index (χ1n) is 3.41. The third kappa shape index (κ3) is 1.96. The zero-order valence-electron chi connectivity index (χ0n) is 6.52. The maximum absolute atomic E-state index is 10.4. The summed E-state index contributed by atoms with van der Waals surface area (Å²) in [6.45, 7) is 0. The lowest BCUT2D eigenvalue weighted by atomic mass is 10.2. The van der Waals surface area contributed by atoms with Crippen molar-refractivity contribution in [1.82, 2.24) is 0 Å². The average Bonchev–Trinajstić information content (AvgIpc) is 2.04. The number of hydrogen-bond acceptors (Lipinski definition) is 3. The average molecular weight is 181 g/mol. The van der Waals surface area contributed by atoms with Crippen molar-refractivity contribution in [3.05, 3.63) is 23.8 Å². The van der Waals surface area contributed by atoms with Gasteiger partial charge in [-0.25, -0.2) is 4.79 Å². The molecule has 1 aromatic carbocycles. The first-order valence-corrected chi connectivity index (χ1v) is 3.41. The largest absolute Gasteiger partial charge is 0.507 e. The minimum Gasteiger partial charge on any atom is -0.507 e. The highest BCUT2D eigenvalue weighted by molar-refractivity contribution is 5.91. The molecule has 1 amide bonds. The number of aromatic carboxylic acids is 1. The molecule has 0 bridgehead atoms. The number of nitrogens with one attached hydrogen (secondary N) is 1. The minimum atomic E-state index is -1.21. The Morgan fingerprint density at radius 3 is 2.62 bits per heavy atom. The molecule has 1 rings (SSSR count). The number of benzene rings is 1. The molecule has 0 aliphatic heterocycles. The quantitative estimate of drug-likeness (QED) is 0.598. The van der Waals surface area contributed by atoms with E-state index in [0.29, 0.717) is 12.1 Å². The van der Waals surface area contributed by atoms with Crippen LogP contribution in [0, 0.1) is 0 Å². The normalized spacial score (nSPS) is 9.23. The van der Waals surface area contributed by atoms with Gasteiger partial charge in [-0.2, -0.15) is 0 Å². The Balaban J connectivity index is 3.05. The molecule has 0 saturated carbocycles. The molecule has 0 atom stereocenters. The molecular weight excluding hydrogens is 174 g/mol. The monoisotopic (exact) mass is 181 g/mol. The smallest absolute Gasteiger partial charge is 0.339 e. The molecule has 68 valence electrons. The molecule has 3 N–H and O–H groups in total. The second-order valence-electron chi connectivity index (χ2n) is 2.30. The highest BCUT2D eigenvalue weighted by Gasteiger charge is 2.08. The summed E-state index contributed by atoms with van der Waals surface area (Å²) in [4.78, 5) is 20.4. The lowest BCUT2D eigenvalue weighted by molar-refractivity contribution is -0.105. The molecule has 13 heavy (non-hydrogen) atoms. The number of hydrogen-bond donors (Lipinski definition) is 3. The van der Waals surface area contributed by atoms with Gasteiger partial charge in [0.25, 0.3) is 0 Å². The van der Waals surface area contributed by atoms with Crippen LogP contribution in [0.2, 0.25) is 0 Å². The van der Waals surface area contributed by atoms with Crippen molar-refractivity contribution in [2.75, 3.05) is 5.32 Å². The van der Waals surface area contributed by atoms with Gasteiger partial charge in [-0.1, -0.05) is 0 Å². The van der Waals surface area contributed by atoms with Gasteiger partial charge in [0, 0.05) is 11.8 Å². The SMILES string of the molecule is O=CNc1ccc(C(=O)O)c(O)c1. The number of rotatable bonds is 3. The topological polar surface area (TPSA) is 86.6 Å². The number of carbonyl (C=O) groups excluding carboxylic acids is 1. The van der Waals surface area contributed by atoms with Crippen molar-refractivity contribution in [2.24, 2.45) is 0 Å². The van der Waals surface area contributed by atoms with E-state index >= 15 is 0 Å². The van der Waals surface area contributed by atoms with E-state index in [-0.39, 0.29) is 11.3 Å². The van der Waals surface area contributed by atoms with Crippen LogP contribution in [-0.4, -0.2) is 22.6 Å². The van der Waals surface area contributed by atoms with Crippen LogP contribution in [0.1, 0.15) is 10.4 Å². The Labute approximate surface area is 73.6 Å². The van der Waals surface area contributed by atoms with E-state index in [9.17, 15) is 9.59 Å². The summed E-state index contributed by atoms with van der Waals surface area (Å²) in [7, 11) is 0. The van der Waals surface area contributed by atoms with Gasteiger partial charge in [0.15, 0.2) is 0 Å². The fourth-order valence-corrected chi connectivity index (χ4v) is 0.870. The molecule has 0 aliphatic rings. The highest BCUT2D eigenvalue weighted by Crippen LogP contribution is 2.21. The van der Waals surface area contributed by atoms with Gasteiger partial charge in [-0.15, -0.1) is 0 Å². The zero-order valence-corrected chi connectivity index (χ0v) is 6.52. The number of carbonyl (C=O) groups is 2. The van der Waals surface area contributed by atoms with Crippen LogP contribution in [0.4, 0.5) is 5.69 Å². The minimum absolute atomic E-state index is 0.198. The number of amides is 1. The van der Waals surface area contributed by atoms with E-state index in [1.54, 1.807) is 0 Å². The number of aromatic hydroxyl groups is 1. The standard InChI is InChI=1S/C8H7NO4/c10-4-9-5-1-2-6(8(12)13)7(11)3-5/h1-4,11H,(H,9,10)(H,12,13). The highest BCUT2D eigenvalue weighted by atomic mass is 16.4. The Hall–Kier alpha value is -2.04. The molecule has 0 saturated heterocycles. The van der Waals surface area contributed by atoms with Crippen molar-refractivity contribution in [2.45, 2.75) is 0 Å². The molecule has 5 nitrogen and oxygen atoms in total. The van der Waals surface area contributed by atoms with Gasteiger partial charge < -0.3 is 15.5 Å². The Morgan fingerprint density at radius 2 is 2.15 bits per heavy atom. The summed E-state index contributed by atoms with van der Waals surface area (Å²) in [5.74, 6) is -1.59. The van der Waals surface area contributed by atoms with E-state index < -0.39 is 5.97 Å². The summed E-state index contributed by atoms with van der Waals surface area (Å²) < 4.78 is 0. The predicted molar refractivity (Wildman–Crippen MR) is 44.8 cm³/mol. The zero-order chi connectivity index (χ0) is 9.84. The number of carboxylic acids is 1. The molecular formula is C8H7NO4. The van der Waals surface area contributed by atoms with Crippen LogP contribution in [0.3, 0.4) is 0 Å². The van der Waals surface area contributed by atoms with Gasteiger partial charge in [0.2, 0.25) is 6.41 Å². The third-order valence-electron chi connectivity index (χ3n) is 1.45. The van der Waals surface area contributed by atoms with Crippen LogP contribution < -0.4 is 5.32 Å². The molecule has 0 aliphatic carbocycles. The van der Waals surface area contributed by atoms with Crippen molar-refractivity contribution in [3.8, 4) is 5.75 Å². The van der Waals surface area contributed by atoms with Crippen LogP contribution in [-0.2, 0) is 4.79 Å². The van der Waals surface area contributed by atoms with Gasteiger partial charge in [0.1, 0.15) is 11.3 Å². The van der Waals surface area contributed by atoms with E-state index in [1.807, 2.05) is 0 Å². The van der Waals surface area contributed by atoms with E-state index in [4.69, 9.17) is 10.2 Å². The van der Waals surface area contributed by atoms with Gasteiger partial charge in [0.05, 0.1) is 0 Å². The first kappa shape index (κ1) is 9.05. The maximum Gasteiger partial charge on any atom is 0.339 e. The molecule has 0 fully saturated rings. The van der Waals surface area contributed by atoms with Crippen molar-refractivity contribution < 1.29 is 19.8 Å². The predicted octanol–water partition coefficient (Wildman–Crippen LogP) is 0.659. The molecule has 5 heteroatoms. The van der Waals surface area contributed by atoms with E-state index in [0.717, 1.165) is 6.07 Å². The first-order chi connectivity index (χ1) is 6.15. The number of carboxylic acid groups (broad SMARTS) is 1. The Morgan fingerprint density at radius 1 is 1.46 bits per heavy atom. The van der Waals surface area contributed by atoms with Crippen molar-refractivity contribution >= 4 is 18.1 Å². The second-order valence-corrected chi connectivity index (χ2v) is 2.30. The lowest BCUT2D eigenvalue weighted by Crippen LogP contribution is -1.98. The summed E-state index contributed by atoms with van der Waals surface area (Å²) in [5, 5.41) is 20.0. The lowest BCUT2D eigenvalue weighted by Gasteiger charge is -2.01. The number of anilines is 1. The molecule has 1 aromatic rings. The number of phenols is 1. The maximum atomic E-state index is 10.4. The van der Waals surface area contributed by atoms with Crippen LogP contribution in [0.15, 0.2) is 18.2 Å². The molecule has 0 heterocycles. The van der Waals surface area contributed by atoms with E-state index in [2.05, 4.69) is 5.32 Å². The van der Waals surface area contributed by atoms with Crippen molar-refractivity contribution in [3.63, 3.8) is 0 Å². The summed E-state index contributed by atoms with van der Waals surface area (Å²) in [5.41, 5.74) is 0.147. The third-order valence-corrected chi connectivity index (χ3v) is 1.45. The second kappa shape index (κ2) is 3.57. The van der Waals surface area contributed by atoms with Gasteiger partial charge in [-0.05, 0) is 12.1 Å².